The molecule has 0 radical (unpaired) electrons. The average Bonchev–Trinajstić information content (AvgIpc) is 2.39. The highest BCUT2D eigenvalue weighted by molar-refractivity contribution is 6.20. The summed E-state index contributed by atoms with van der Waals surface area (Å²) >= 11 is 6.07. The Morgan fingerprint density at radius 2 is 2.16 bits per heavy atom. The summed E-state index contributed by atoms with van der Waals surface area (Å²) in [5.41, 5.74) is -0.252. The van der Waals surface area contributed by atoms with Crippen LogP contribution in [-0.4, -0.2) is 17.8 Å². The first kappa shape index (κ1) is 14.3. The van der Waals surface area contributed by atoms with Crippen molar-refractivity contribution in [2.75, 3.05) is 6.54 Å². The zero-order valence-corrected chi connectivity index (χ0v) is 11.2. The largest absolute Gasteiger partial charge is 0.352 e. The van der Waals surface area contributed by atoms with Gasteiger partial charge in [-0.3, -0.25) is 4.79 Å². The minimum Gasteiger partial charge on any atom is -0.352 e. The van der Waals surface area contributed by atoms with E-state index >= 15 is 0 Å². The molecule has 5 heteroatoms. The van der Waals surface area contributed by atoms with Crippen LogP contribution in [0.4, 0.5) is 8.78 Å². The maximum absolute atomic E-state index is 13.4. The Morgan fingerprint density at radius 3 is 2.89 bits per heavy atom. The normalized spacial score (nSPS) is 23.1. The minimum atomic E-state index is -0.710. The molecule has 1 aliphatic rings. The standard InChI is InChI=1S/C14H16ClF2NO/c15-10-3-1-2-9(6-10)8-18-14(19)12-7-11(16)4-5-13(12)17/h4-5,7,9-10H,1-3,6,8H2,(H,18,19). The second-order valence-corrected chi connectivity index (χ2v) is 5.58. The number of carbonyl (C=O) groups is 1. The third kappa shape index (κ3) is 3.90. The Hall–Kier alpha value is -1.16. The van der Waals surface area contributed by atoms with Crippen LogP contribution in [0.2, 0.25) is 0 Å². The number of carbonyl (C=O) groups excluding carboxylic acids is 1. The van der Waals surface area contributed by atoms with Gasteiger partial charge < -0.3 is 5.32 Å². The highest BCUT2D eigenvalue weighted by Crippen LogP contribution is 2.27. The van der Waals surface area contributed by atoms with E-state index in [1.54, 1.807) is 0 Å². The summed E-state index contributed by atoms with van der Waals surface area (Å²) in [5.74, 6) is -1.59. The van der Waals surface area contributed by atoms with Gasteiger partial charge in [0, 0.05) is 11.9 Å². The van der Waals surface area contributed by atoms with Crippen LogP contribution >= 0.6 is 11.6 Å². The van der Waals surface area contributed by atoms with Gasteiger partial charge in [-0.25, -0.2) is 8.78 Å². The van der Waals surface area contributed by atoms with Crippen LogP contribution in [0.1, 0.15) is 36.0 Å². The smallest absolute Gasteiger partial charge is 0.254 e. The molecule has 2 unspecified atom stereocenters. The molecule has 2 rings (SSSR count). The van der Waals surface area contributed by atoms with Crippen LogP contribution in [0.25, 0.3) is 0 Å². The van der Waals surface area contributed by atoms with E-state index in [4.69, 9.17) is 11.6 Å². The van der Waals surface area contributed by atoms with Crippen LogP contribution in [0.5, 0.6) is 0 Å². The SMILES string of the molecule is O=C(NCC1CCCC(Cl)C1)c1cc(F)ccc1F. The predicted octanol–water partition coefficient (Wildman–Crippen LogP) is 3.49. The maximum Gasteiger partial charge on any atom is 0.254 e. The molecule has 1 fully saturated rings. The summed E-state index contributed by atoms with van der Waals surface area (Å²) in [5, 5.41) is 2.81. The Morgan fingerprint density at radius 1 is 1.37 bits per heavy atom. The van der Waals surface area contributed by atoms with E-state index in [9.17, 15) is 13.6 Å². The highest BCUT2D eigenvalue weighted by atomic mass is 35.5. The minimum absolute atomic E-state index is 0.154. The highest BCUT2D eigenvalue weighted by Gasteiger charge is 2.21. The fourth-order valence-electron chi connectivity index (χ4n) is 2.41. The number of hydrogen-bond acceptors (Lipinski definition) is 1. The molecule has 1 aromatic rings. The van der Waals surface area contributed by atoms with Gasteiger partial charge in [0.2, 0.25) is 0 Å². The number of nitrogens with one attached hydrogen (secondary N) is 1. The molecule has 2 atom stereocenters. The average molecular weight is 288 g/mol. The van der Waals surface area contributed by atoms with Crippen molar-refractivity contribution in [1.29, 1.82) is 0 Å². The zero-order chi connectivity index (χ0) is 13.8. The molecule has 1 N–H and O–H groups in total. The lowest BCUT2D eigenvalue weighted by molar-refractivity contribution is 0.0939. The monoisotopic (exact) mass is 287 g/mol. The number of alkyl halides is 1. The van der Waals surface area contributed by atoms with Gasteiger partial charge in [-0.05, 0) is 43.4 Å². The van der Waals surface area contributed by atoms with Crippen molar-refractivity contribution in [3.05, 3.63) is 35.4 Å². The quantitative estimate of drug-likeness (QED) is 0.847. The van der Waals surface area contributed by atoms with Crippen molar-refractivity contribution in [1.82, 2.24) is 5.32 Å². The summed E-state index contributed by atoms with van der Waals surface area (Å²) in [6.45, 7) is 0.456. The third-order valence-corrected chi connectivity index (χ3v) is 3.84. The van der Waals surface area contributed by atoms with Crippen molar-refractivity contribution < 1.29 is 13.6 Å². The van der Waals surface area contributed by atoms with E-state index in [-0.39, 0.29) is 10.9 Å². The van der Waals surface area contributed by atoms with Gasteiger partial charge in [-0.15, -0.1) is 11.6 Å². The van der Waals surface area contributed by atoms with E-state index in [0.717, 1.165) is 43.9 Å². The van der Waals surface area contributed by atoms with Gasteiger partial charge in [-0.2, -0.15) is 0 Å². The van der Waals surface area contributed by atoms with Crippen molar-refractivity contribution >= 4 is 17.5 Å². The molecule has 1 amide bonds. The second kappa shape index (κ2) is 6.33. The van der Waals surface area contributed by atoms with Gasteiger partial charge in [-0.1, -0.05) is 6.42 Å². The van der Waals surface area contributed by atoms with E-state index in [1.165, 1.54) is 0 Å². The van der Waals surface area contributed by atoms with Gasteiger partial charge in [0.15, 0.2) is 0 Å². The van der Waals surface area contributed by atoms with Gasteiger partial charge >= 0.3 is 0 Å². The molecule has 19 heavy (non-hydrogen) atoms. The van der Waals surface area contributed by atoms with Crippen LogP contribution in [-0.2, 0) is 0 Å². The van der Waals surface area contributed by atoms with Crippen LogP contribution in [0.3, 0.4) is 0 Å². The first-order valence-electron chi connectivity index (χ1n) is 6.43. The number of rotatable bonds is 3. The van der Waals surface area contributed by atoms with Crippen molar-refractivity contribution in [2.24, 2.45) is 5.92 Å². The summed E-state index contributed by atoms with van der Waals surface area (Å²) in [6.07, 6.45) is 3.91. The summed E-state index contributed by atoms with van der Waals surface area (Å²) < 4.78 is 26.4. The molecule has 0 spiro atoms. The molecule has 104 valence electrons. The number of benzene rings is 1. The van der Waals surface area contributed by atoms with Crippen LogP contribution in [0.15, 0.2) is 18.2 Å². The molecule has 0 aromatic heterocycles. The first-order valence-corrected chi connectivity index (χ1v) is 6.87. The zero-order valence-electron chi connectivity index (χ0n) is 10.5. The van der Waals surface area contributed by atoms with E-state index in [2.05, 4.69) is 5.32 Å². The maximum atomic E-state index is 13.4. The molecule has 0 heterocycles. The van der Waals surface area contributed by atoms with Crippen molar-refractivity contribution in [3.8, 4) is 0 Å². The third-order valence-electron chi connectivity index (χ3n) is 3.44. The van der Waals surface area contributed by atoms with Gasteiger partial charge in [0.1, 0.15) is 11.6 Å². The van der Waals surface area contributed by atoms with Crippen molar-refractivity contribution in [3.63, 3.8) is 0 Å². The lowest BCUT2D eigenvalue weighted by Crippen LogP contribution is -2.32. The number of halogens is 3. The predicted molar refractivity (Wildman–Crippen MR) is 70.3 cm³/mol. The van der Waals surface area contributed by atoms with Crippen molar-refractivity contribution in [2.45, 2.75) is 31.1 Å². The second-order valence-electron chi connectivity index (χ2n) is 4.96. The molecule has 0 aliphatic heterocycles. The van der Waals surface area contributed by atoms with Crippen LogP contribution in [0, 0.1) is 17.6 Å². The fraction of sp³-hybridized carbons (Fsp3) is 0.500. The van der Waals surface area contributed by atoms with Crippen LogP contribution < -0.4 is 5.32 Å². The Bertz CT molecular complexity index is 467. The molecule has 1 aromatic carbocycles. The molecule has 1 aliphatic carbocycles. The van der Waals surface area contributed by atoms with E-state index in [0.29, 0.717) is 12.5 Å². The summed E-state index contributed by atoms with van der Waals surface area (Å²) in [4.78, 5) is 11.8. The lowest BCUT2D eigenvalue weighted by atomic mass is 9.89. The molecular weight excluding hydrogens is 272 g/mol. The molecule has 2 nitrogen and oxygen atoms in total. The molecular formula is C14H16ClF2NO. The Kier molecular flexibility index (Phi) is 4.75. The number of amides is 1. The molecule has 0 saturated heterocycles. The summed E-state index contributed by atoms with van der Waals surface area (Å²) in [6, 6.07) is 2.86. The first-order chi connectivity index (χ1) is 9.06. The lowest BCUT2D eigenvalue weighted by Gasteiger charge is -2.25. The Balaban J connectivity index is 1.92. The van der Waals surface area contributed by atoms with Gasteiger partial charge in [0.05, 0.1) is 5.56 Å². The van der Waals surface area contributed by atoms with E-state index in [1.807, 2.05) is 0 Å². The molecule has 1 saturated carbocycles. The molecule has 0 bridgehead atoms. The topological polar surface area (TPSA) is 29.1 Å². The fourth-order valence-corrected chi connectivity index (χ4v) is 2.82. The van der Waals surface area contributed by atoms with E-state index < -0.39 is 17.5 Å². The Labute approximate surface area is 116 Å². The van der Waals surface area contributed by atoms with Gasteiger partial charge in [0.25, 0.3) is 5.91 Å². The number of hydrogen-bond donors (Lipinski definition) is 1. The summed E-state index contributed by atoms with van der Waals surface area (Å²) in [7, 11) is 0.